The van der Waals surface area contributed by atoms with Crippen LogP contribution in [0, 0.1) is 0 Å². The normalized spacial score (nSPS) is 20.2. The summed E-state index contributed by atoms with van der Waals surface area (Å²) in [6.45, 7) is 1.74. The van der Waals surface area contributed by atoms with E-state index in [1.54, 1.807) is 12.1 Å². The molecule has 1 aromatic heterocycles. The van der Waals surface area contributed by atoms with Gasteiger partial charge in [0.15, 0.2) is 10.4 Å². The number of carbonyl (C=O) groups excluding carboxylic acids is 1. The van der Waals surface area contributed by atoms with Crippen molar-refractivity contribution < 1.29 is 9.21 Å². The summed E-state index contributed by atoms with van der Waals surface area (Å²) in [7, 11) is 4.06. The molecule has 1 aliphatic heterocycles. The van der Waals surface area contributed by atoms with Gasteiger partial charge in [0.1, 0.15) is 0 Å². The molecule has 0 aliphatic carbocycles. The van der Waals surface area contributed by atoms with E-state index in [2.05, 4.69) is 20.8 Å². The highest BCUT2D eigenvalue weighted by Crippen LogP contribution is 2.22. The third kappa shape index (κ3) is 2.90. The van der Waals surface area contributed by atoms with Gasteiger partial charge >= 0.3 is 0 Å². The molecular formula is C12H17BrN2O2. The minimum Gasteiger partial charge on any atom is -0.444 e. The van der Waals surface area contributed by atoms with E-state index < -0.39 is 0 Å². The maximum Gasteiger partial charge on any atom is 0.289 e. The van der Waals surface area contributed by atoms with Gasteiger partial charge in [0.05, 0.1) is 0 Å². The zero-order valence-corrected chi connectivity index (χ0v) is 11.7. The molecule has 5 heteroatoms. The average molecular weight is 301 g/mol. The van der Waals surface area contributed by atoms with Gasteiger partial charge in [-0.25, -0.2) is 0 Å². The number of likely N-dealkylation sites (tertiary alicyclic amines) is 1. The molecule has 0 radical (unpaired) electrons. The minimum atomic E-state index is 0.0000463. The first-order valence-corrected chi connectivity index (χ1v) is 6.58. The van der Waals surface area contributed by atoms with Crippen molar-refractivity contribution >= 4 is 21.8 Å². The molecule has 0 spiro atoms. The molecule has 1 atom stereocenters. The summed E-state index contributed by atoms with van der Waals surface area (Å²) in [5, 5.41) is 0. The number of hydrogen-bond donors (Lipinski definition) is 0. The molecule has 0 bridgehead atoms. The Morgan fingerprint density at radius 2 is 2.35 bits per heavy atom. The van der Waals surface area contributed by atoms with Gasteiger partial charge in [0.25, 0.3) is 5.91 Å². The highest BCUT2D eigenvalue weighted by molar-refractivity contribution is 9.10. The average Bonchev–Trinajstić information content (AvgIpc) is 2.85. The Balaban J connectivity index is 2.08. The summed E-state index contributed by atoms with van der Waals surface area (Å²) in [6, 6.07) is 3.78. The third-order valence-electron chi connectivity index (χ3n) is 3.00. The van der Waals surface area contributed by atoms with Gasteiger partial charge in [0, 0.05) is 19.1 Å². The van der Waals surface area contributed by atoms with E-state index in [0.717, 1.165) is 25.9 Å². The van der Waals surface area contributed by atoms with Gasteiger partial charge in [-0.3, -0.25) is 4.79 Å². The molecule has 0 saturated carbocycles. The number of likely N-dealkylation sites (N-methyl/N-ethyl adjacent to an activating group) is 1. The third-order valence-corrected chi connectivity index (χ3v) is 3.42. The SMILES string of the molecule is CN(C)CC1CCCN1C(=O)c1ccc(Br)o1. The highest BCUT2D eigenvalue weighted by atomic mass is 79.9. The molecule has 1 amide bonds. The molecule has 1 aromatic rings. The molecule has 94 valence electrons. The van der Waals surface area contributed by atoms with E-state index in [4.69, 9.17) is 4.42 Å². The van der Waals surface area contributed by atoms with E-state index >= 15 is 0 Å². The van der Waals surface area contributed by atoms with E-state index in [1.165, 1.54) is 0 Å². The van der Waals surface area contributed by atoms with Crippen LogP contribution in [0.1, 0.15) is 23.4 Å². The van der Waals surface area contributed by atoms with Crippen LogP contribution in [0.5, 0.6) is 0 Å². The molecule has 0 aromatic carbocycles. The number of carbonyl (C=O) groups is 1. The minimum absolute atomic E-state index is 0.0000463. The van der Waals surface area contributed by atoms with Crippen molar-refractivity contribution in [3.8, 4) is 0 Å². The van der Waals surface area contributed by atoms with Crippen LogP contribution in [0.25, 0.3) is 0 Å². The van der Waals surface area contributed by atoms with Crippen LogP contribution in [-0.4, -0.2) is 48.9 Å². The van der Waals surface area contributed by atoms with Crippen molar-refractivity contribution in [1.29, 1.82) is 0 Å². The lowest BCUT2D eigenvalue weighted by atomic mass is 10.2. The monoisotopic (exact) mass is 300 g/mol. The van der Waals surface area contributed by atoms with Gasteiger partial charge in [-0.05, 0) is 55.0 Å². The zero-order chi connectivity index (χ0) is 12.4. The van der Waals surface area contributed by atoms with Crippen LogP contribution in [0.3, 0.4) is 0 Å². The van der Waals surface area contributed by atoms with E-state index in [0.29, 0.717) is 16.5 Å². The lowest BCUT2D eigenvalue weighted by Gasteiger charge is -2.26. The molecular weight excluding hydrogens is 284 g/mol. The van der Waals surface area contributed by atoms with Crippen molar-refractivity contribution in [2.45, 2.75) is 18.9 Å². The first kappa shape index (κ1) is 12.6. The van der Waals surface area contributed by atoms with Crippen molar-refractivity contribution in [3.63, 3.8) is 0 Å². The molecule has 2 rings (SSSR count). The Morgan fingerprint density at radius 3 is 2.94 bits per heavy atom. The van der Waals surface area contributed by atoms with Crippen LogP contribution in [0.15, 0.2) is 21.2 Å². The molecule has 1 saturated heterocycles. The van der Waals surface area contributed by atoms with Gasteiger partial charge in [-0.2, -0.15) is 0 Å². The summed E-state index contributed by atoms with van der Waals surface area (Å²) in [6.07, 6.45) is 2.15. The second-order valence-electron chi connectivity index (χ2n) is 4.66. The largest absolute Gasteiger partial charge is 0.444 e. The Kier molecular flexibility index (Phi) is 3.89. The second kappa shape index (κ2) is 5.23. The molecule has 2 heterocycles. The number of nitrogens with zero attached hydrogens (tertiary/aromatic N) is 2. The Morgan fingerprint density at radius 1 is 1.59 bits per heavy atom. The van der Waals surface area contributed by atoms with E-state index in [1.807, 2.05) is 19.0 Å². The predicted molar refractivity (Wildman–Crippen MR) is 69.0 cm³/mol. The Labute approximate surface area is 110 Å². The van der Waals surface area contributed by atoms with Crippen LogP contribution >= 0.6 is 15.9 Å². The summed E-state index contributed by atoms with van der Waals surface area (Å²) in [5.74, 6) is 0.419. The highest BCUT2D eigenvalue weighted by Gasteiger charge is 2.31. The summed E-state index contributed by atoms with van der Waals surface area (Å²) in [4.78, 5) is 16.3. The van der Waals surface area contributed by atoms with Crippen LogP contribution < -0.4 is 0 Å². The topological polar surface area (TPSA) is 36.7 Å². The second-order valence-corrected chi connectivity index (χ2v) is 5.44. The molecule has 1 unspecified atom stereocenters. The molecule has 4 nitrogen and oxygen atoms in total. The Hall–Kier alpha value is -0.810. The fourth-order valence-electron chi connectivity index (χ4n) is 2.29. The maximum atomic E-state index is 12.2. The summed E-state index contributed by atoms with van der Waals surface area (Å²) < 4.78 is 5.92. The summed E-state index contributed by atoms with van der Waals surface area (Å²) >= 11 is 3.22. The van der Waals surface area contributed by atoms with Gasteiger partial charge < -0.3 is 14.2 Å². The molecule has 0 N–H and O–H groups in total. The van der Waals surface area contributed by atoms with Crippen LogP contribution in [-0.2, 0) is 0 Å². The van der Waals surface area contributed by atoms with Gasteiger partial charge in [0.2, 0.25) is 0 Å². The zero-order valence-electron chi connectivity index (χ0n) is 10.1. The van der Waals surface area contributed by atoms with Gasteiger partial charge in [-0.15, -0.1) is 0 Å². The number of rotatable bonds is 3. The van der Waals surface area contributed by atoms with Crippen LogP contribution in [0.2, 0.25) is 0 Å². The van der Waals surface area contributed by atoms with Crippen molar-refractivity contribution in [1.82, 2.24) is 9.80 Å². The van der Waals surface area contributed by atoms with E-state index in [9.17, 15) is 4.79 Å². The fraction of sp³-hybridized carbons (Fsp3) is 0.583. The number of furan rings is 1. The quantitative estimate of drug-likeness (QED) is 0.859. The lowest BCUT2D eigenvalue weighted by molar-refractivity contribution is 0.0683. The van der Waals surface area contributed by atoms with Gasteiger partial charge in [-0.1, -0.05) is 0 Å². The summed E-state index contributed by atoms with van der Waals surface area (Å²) in [5.41, 5.74) is 0. The molecule has 1 fully saturated rings. The van der Waals surface area contributed by atoms with Crippen molar-refractivity contribution in [3.05, 3.63) is 22.6 Å². The first-order valence-electron chi connectivity index (χ1n) is 5.79. The molecule has 1 aliphatic rings. The predicted octanol–water partition coefficient (Wildman–Crippen LogP) is 2.21. The van der Waals surface area contributed by atoms with E-state index in [-0.39, 0.29) is 5.91 Å². The Bertz CT molecular complexity index is 403. The maximum absolute atomic E-state index is 12.2. The number of halogens is 1. The number of hydrogen-bond acceptors (Lipinski definition) is 3. The van der Waals surface area contributed by atoms with Crippen molar-refractivity contribution in [2.24, 2.45) is 0 Å². The molecule has 17 heavy (non-hydrogen) atoms. The first-order chi connectivity index (χ1) is 8.08. The van der Waals surface area contributed by atoms with Crippen molar-refractivity contribution in [2.75, 3.05) is 27.2 Å². The smallest absolute Gasteiger partial charge is 0.289 e. The number of amides is 1. The lowest BCUT2D eigenvalue weighted by Crippen LogP contribution is -2.41. The van der Waals surface area contributed by atoms with Crippen LogP contribution in [0.4, 0.5) is 0 Å². The fourth-order valence-corrected chi connectivity index (χ4v) is 2.59. The standard InChI is InChI=1S/C12H17BrN2O2/c1-14(2)8-9-4-3-7-15(9)12(16)10-5-6-11(13)17-10/h5-6,9H,3-4,7-8H2,1-2H3.